The monoisotopic (exact) mass is 426 g/mol. The normalized spacial score (nSPS) is 11.1. The molecule has 0 fully saturated rings. The SMILES string of the molecule is COc1cc(CNCCc2c[nH]c3ccccc23)cc(Cl)c1OCc1cccs1. The fourth-order valence-electron chi connectivity index (χ4n) is 3.35. The van der Waals surface area contributed by atoms with Crippen molar-refractivity contribution in [1.29, 1.82) is 0 Å². The van der Waals surface area contributed by atoms with Gasteiger partial charge in [0.15, 0.2) is 11.5 Å². The highest BCUT2D eigenvalue weighted by Gasteiger charge is 2.13. The molecule has 2 heterocycles. The standard InChI is InChI=1S/C23H23ClN2O2S/c1-27-22-12-16(11-20(24)23(22)28-15-18-5-4-10-29-18)13-25-9-8-17-14-26-21-7-3-2-6-19(17)21/h2-7,10-12,14,25-26H,8-9,13,15H2,1H3. The van der Waals surface area contributed by atoms with Gasteiger partial charge in [-0.05, 0) is 53.7 Å². The van der Waals surface area contributed by atoms with E-state index in [0.29, 0.717) is 29.7 Å². The molecule has 4 aromatic rings. The Bertz CT molecular complexity index is 1080. The number of halogens is 1. The third-order valence-corrected chi connectivity index (χ3v) is 5.93. The largest absolute Gasteiger partial charge is 0.493 e. The van der Waals surface area contributed by atoms with Crippen molar-refractivity contribution in [1.82, 2.24) is 10.3 Å². The van der Waals surface area contributed by atoms with Gasteiger partial charge in [0.1, 0.15) is 6.61 Å². The summed E-state index contributed by atoms with van der Waals surface area (Å²) in [5.41, 5.74) is 3.56. The van der Waals surface area contributed by atoms with E-state index in [1.54, 1.807) is 18.4 Å². The molecule has 0 saturated heterocycles. The molecule has 0 aliphatic rings. The number of fused-ring (bicyclic) bond motifs is 1. The molecule has 6 heteroatoms. The molecule has 2 aromatic carbocycles. The number of methoxy groups -OCH3 is 1. The van der Waals surface area contributed by atoms with Gasteiger partial charge >= 0.3 is 0 Å². The second kappa shape index (κ2) is 9.35. The number of para-hydroxylation sites is 1. The Hall–Kier alpha value is -2.47. The van der Waals surface area contributed by atoms with Gasteiger partial charge in [0.25, 0.3) is 0 Å². The zero-order chi connectivity index (χ0) is 20.1. The lowest BCUT2D eigenvalue weighted by atomic mass is 10.1. The summed E-state index contributed by atoms with van der Waals surface area (Å²) in [7, 11) is 1.64. The van der Waals surface area contributed by atoms with Crippen LogP contribution in [0.3, 0.4) is 0 Å². The molecule has 150 valence electrons. The smallest absolute Gasteiger partial charge is 0.180 e. The van der Waals surface area contributed by atoms with E-state index < -0.39 is 0 Å². The van der Waals surface area contributed by atoms with Crippen molar-refractivity contribution < 1.29 is 9.47 Å². The van der Waals surface area contributed by atoms with Gasteiger partial charge in [-0.25, -0.2) is 0 Å². The first-order valence-corrected chi connectivity index (χ1v) is 10.8. The van der Waals surface area contributed by atoms with Crippen LogP contribution >= 0.6 is 22.9 Å². The molecule has 0 spiro atoms. The summed E-state index contributed by atoms with van der Waals surface area (Å²) in [4.78, 5) is 4.47. The van der Waals surface area contributed by atoms with Crippen LogP contribution in [0.15, 0.2) is 60.1 Å². The van der Waals surface area contributed by atoms with Gasteiger partial charge < -0.3 is 19.8 Å². The Kier molecular flexibility index (Phi) is 6.39. The van der Waals surface area contributed by atoms with Crippen LogP contribution in [0, 0.1) is 0 Å². The van der Waals surface area contributed by atoms with Gasteiger partial charge in [-0.1, -0.05) is 35.9 Å². The van der Waals surface area contributed by atoms with Crippen molar-refractivity contribution in [3.05, 3.63) is 81.1 Å². The lowest BCUT2D eigenvalue weighted by molar-refractivity contribution is 0.287. The van der Waals surface area contributed by atoms with E-state index >= 15 is 0 Å². The molecule has 0 bridgehead atoms. The molecule has 0 radical (unpaired) electrons. The molecule has 0 saturated carbocycles. The Morgan fingerprint density at radius 3 is 2.86 bits per heavy atom. The van der Waals surface area contributed by atoms with Crippen LogP contribution in [-0.2, 0) is 19.6 Å². The van der Waals surface area contributed by atoms with Crippen LogP contribution in [0.2, 0.25) is 5.02 Å². The van der Waals surface area contributed by atoms with E-state index in [-0.39, 0.29) is 0 Å². The van der Waals surface area contributed by atoms with Crippen LogP contribution < -0.4 is 14.8 Å². The molecule has 4 rings (SSSR count). The van der Waals surface area contributed by atoms with E-state index in [2.05, 4.69) is 34.7 Å². The maximum atomic E-state index is 6.48. The zero-order valence-electron chi connectivity index (χ0n) is 16.2. The van der Waals surface area contributed by atoms with E-state index in [0.717, 1.165) is 23.4 Å². The van der Waals surface area contributed by atoms with Gasteiger partial charge in [-0.3, -0.25) is 0 Å². The van der Waals surface area contributed by atoms with Crippen LogP contribution in [0.5, 0.6) is 11.5 Å². The highest BCUT2D eigenvalue weighted by atomic mass is 35.5. The highest BCUT2D eigenvalue weighted by Crippen LogP contribution is 2.37. The van der Waals surface area contributed by atoms with Gasteiger partial charge in [-0.15, -0.1) is 11.3 Å². The number of thiophene rings is 1. The third kappa shape index (κ3) is 4.75. The van der Waals surface area contributed by atoms with E-state index in [1.165, 1.54) is 16.5 Å². The first-order valence-electron chi connectivity index (χ1n) is 9.52. The number of hydrogen-bond donors (Lipinski definition) is 2. The van der Waals surface area contributed by atoms with E-state index in [1.807, 2.05) is 35.7 Å². The second-order valence-corrected chi connectivity index (χ2v) is 8.20. The molecular weight excluding hydrogens is 404 g/mol. The Morgan fingerprint density at radius 1 is 1.14 bits per heavy atom. The van der Waals surface area contributed by atoms with Crippen molar-refractivity contribution in [2.45, 2.75) is 19.6 Å². The summed E-state index contributed by atoms with van der Waals surface area (Å²) in [5, 5.41) is 7.37. The van der Waals surface area contributed by atoms with Crippen molar-refractivity contribution in [3.63, 3.8) is 0 Å². The van der Waals surface area contributed by atoms with Crippen LogP contribution in [0.1, 0.15) is 16.0 Å². The van der Waals surface area contributed by atoms with E-state index in [4.69, 9.17) is 21.1 Å². The molecule has 0 atom stereocenters. The molecule has 0 aliphatic carbocycles. The molecule has 2 aromatic heterocycles. The van der Waals surface area contributed by atoms with Crippen molar-refractivity contribution in [3.8, 4) is 11.5 Å². The fourth-order valence-corrected chi connectivity index (χ4v) is 4.25. The predicted molar refractivity (Wildman–Crippen MR) is 120 cm³/mol. The Balaban J connectivity index is 1.35. The van der Waals surface area contributed by atoms with E-state index in [9.17, 15) is 0 Å². The molecule has 0 unspecified atom stereocenters. The van der Waals surface area contributed by atoms with Gasteiger partial charge in [-0.2, -0.15) is 0 Å². The number of nitrogens with one attached hydrogen (secondary N) is 2. The first kappa shape index (κ1) is 19.8. The van der Waals surface area contributed by atoms with Crippen molar-refractivity contribution >= 4 is 33.8 Å². The first-order chi connectivity index (χ1) is 14.2. The minimum atomic E-state index is 0.482. The fraction of sp³-hybridized carbons (Fsp3) is 0.217. The minimum absolute atomic E-state index is 0.482. The topological polar surface area (TPSA) is 46.3 Å². The molecule has 0 aliphatic heterocycles. The summed E-state index contributed by atoms with van der Waals surface area (Å²) >= 11 is 8.14. The summed E-state index contributed by atoms with van der Waals surface area (Å²) in [6, 6.07) is 16.3. The quantitative estimate of drug-likeness (QED) is 0.332. The molecular formula is C23H23ClN2O2S. The lowest BCUT2D eigenvalue weighted by Crippen LogP contribution is -2.16. The van der Waals surface area contributed by atoms with Gasteiger partial charge in [0.05, 0.1) is 12.1 Å². The second-order valence-electron chi connectivity index (χ2n) is 6.76. The highest BCUT2D eigenvalue weighted by molar-refractivity contribution is 7.09. The minimum Gasteiger partial charge on any atom is -0.493 e. The molecule has 29 heavy (non-hydrogen) atoms. The van der Waals surface area contributed by atoms with Gasteiger partial charge in [0.2, 0.25) is 0 Å². The zero-order valence-corrected chi connectivity index (χ0v) is 17.8. The number of benzene rings is 2. The number of aromatic nitrogens is 1. The number of ether oxygens (including phenoxy) is 2. The Labute approximate surface area is 179 Å². The summed E-state index contributed by atoms with van der Waals surface area (Å²) in [6.07, 6.45) is 3.04. The van der Waals surface area contributed by atoms with Crippen molar-refractivity contribution in [2.75, 3.05) is 13.7 Å². The van der Waals surface area contributed by atoms with Crippen LogP contribution in [0.4, 0.5) is 0 Å². The summed E-state index contributed by atoms with van der Waals surface area (Å²) in [5.74, 6) is 1.24. The number of hydrogen-bond acceptors (Lipinski definition) is 4. The Morgan fingerprint density at radius 2 is 2.03 bits per heavy atom. The van der Waals surface area contributed by atoms with Crippen LogP contribution in [-0.4, -0.2) is 18.6 Å². The third-order valence-electron chi connectivity index (χ3n) is 4.80. The lowest BCUT2D eigenvalue weighted by Gasteiger charge is -2.14. The van der Waals surface area contributed by atoms with Crippen LogP contribution in [0.25, 0.3) is 10.9 Å². The summed E-state index contributed by atoms with van der Waals surface area (Å²) < 4.78 is 11.4. The summed E-state index contributed by atoms with van der Waals surface area (Å²) in [6.45, 7) is 2.07. The maximum absolute atomic E-state index is 6.48. The predicted octanol–water partition coefficient (Wildman–Crippen LogP) is 5.80. The number of aromatic amines is 1. The number of H-pyrrole nitrogens is 1. The molecule has 4 nitrogen and oxygen atoms in total. The molecule has 0 amide bonds. The average molecular weight is 427 g/mol. The maximum Gasteiger partial charge on any atom is 0.180 e. The molecule has 2 N–H and O–H groups in total. The number of rotatable bonds is 9. The van der Waals surface area contributed by atoms with Crippen molar-refractivity contribution in [2.24, 2.45) is 0 Å². The average Bonchev–Trinajstić information content (AvgIpc) is 3.40. The van der Waals surface area contributed by atoms with Gasteiger partial charge in [0, 0.05) is 28.5 Å².